The fraction of sp³-hybridized carbons (Fsp3) is 0.357. The lowest BCUT2D eigenvalue weighted by Gasteiger charge is -2.14. The van der Waals surface area contributed by atoms with Gasteiger partial charge in [0, 0.05) is 18.4 Å². The first kappa shape index (κ1) is 12.7. The first-order valence-corrected chi connectivity index (χ1v) is 6.84. The van der Waals surface area contributed by atoms with Crippen molar-refractivity contribution in [1.82, 2.24) is 25.0 Å². The summed E-state index contributed by atoms with van der Waals surface area (Å²) in [6.45, 7) is 5.02. The highest BCUT2D eigenvalue weighted by Gasteiger charge is 2.12. The van der Waals surface area contributed by atoms with Gasteiger partial charge >= 0.3 is 0 Å². The summed E-state index contributed by atoms with van der Waals surface area (Å²) in [5, 5.41) is 14.8. The van der Waals surface area contributed by atoms with E-state index in [9.17, 15) is 0 Å². The number of fused-ring (bicyclic) bond motifs is 1. The Labute approximate surface area is 117 Å². The standard InChI is InChI=1S/C14H18N6/c1-3-10(2)20-14-12(5-6-15-13(14)9-18-20)16-8-11-4-7-17-19-11/h4-7,9-10H,3,8H2,1-2H3,(H,15,16)(H,17,19). The van der Waals surface area contributed by atoms with Crippen LogP contribution in [0.5, 0.6) is 0 Å². The fourth-order valence-electron chi connectivity index (χ4n) is 2.20. The van der Waals surface area contributed by atoms with Gasteiger partial charge in [-0.25, -0.2) is 0 Å². The van der Waals surface area contributed by atoms with Gasteiger partial charge in [0.25, 0.3) is 0 Å². The van der Waals surface area contributed by atoms with Gasteiger partial charge in [-0.1, -0.05) is 6.92 Å². The topological polar surface area (TPSA) is 71.4 Å². The predicted molar refractivity (Wildman–Crippen MR) is 78.4 cm³/mol. The van der Waals surface area contributed by atoms with E-state index in [1.165, 1.54) is 0 Å². The molecule has 3 aromatic rings. The average Bonchev–Trinajstić information content (AvgIpc) is 3.13. The third kappa shape index (κ3) is 2.24. The predicted octanol–water partition coefficient (Wildman–Crippen LogP) is 2.74. The van der Waals surface area contributed by atoms with E-state index in [1.54, 1.807) is 12.4 Å². The zero-order chi connectivity index (χ0) is 13.9. The quantitative estimate of drug-likeness (QED) is 0.747. The normalized spacial score (nSPS) is 12.7. The Morgan fingerprint density at radius 1 is 1.35 bits per heavy atom. The molecule has 2 N–H and O–H groups in total. The van der Waals surface area contributed by atoms with Gasteiger partial charge in [0.1, 0.15) is 11.0 Å². The van der Waals surface area contributed by atoms with Gasteiger partial charge in [-0.3, -0.25) is 14.8 Å². The minimum absolute atomic E-state index is 0.351. The second-order valence-corrected chi connectivity index (χ2v) is 4.87. The Balaban J connectivity index is 1.95. The lowest BCUT2D eigenvalue weighted by molar-refractivity contribution is 0.493. The Bertz CT molecular complexity index is 685. The van der Waals surface area contributed by atoms with Crippen LogP contribution in [0.25, 0.3) is 11.0 Å². The van der Waals surface area contributed by atoms with Gasteiger partial charge in [-0.15, -0.1) is 0 Å². The van der Waals surface area contributed by atoms with Crippen molar-refractivity contribution in [2.75, 3.05) is 5.32 Å². The van der Waals surface area contributed by atoms with Crippen LogP contribution < -0.4 is 5.32 Å². The Morgan fingerprint density at radius 3 is 3.00 bits per heavy atom. The second-order valence-electron chi connectivity index (χ2n) is 4.87. The molecule has 0 saturated heterocycles. The summed E-state index contributed by atoms with van der Waals surface area (Å²) in [5.41, 5.74) is 4.06. The smallest absolute Gasteiger partial charge is 0.110 e. The van der Waals surface area contributed by atoms with Crippen molar-refractivity contribution in [2.45, 2.75) is 32.9 Å². The molecule has 0 spiro atoms. The highest BCUT2D eigenvalue weighted by molar-refractivity contribution is 5.87. The number of hydrogen-bond donors (Lipinski definition) is 2. The summed E-state index contributed by atoms with van der Waals surface area (Å²) >= 11 is 0. The van der Waals surface area contributed by atoms with E-state index >= 15 is 0 Å². The van der Waals surface area contributed by atoms with Gasteiger partial charge in [0.2, 0.25) is 0 Å². The first-order chi connectivity index (χ1) is 9.79. The lowest BCUT2D eigenvalue weighted by atomic mass is 10.2. The molecule has 3 rings (SSSR count). The molecule has 6 heteroatoms. The minimum Gasteiger partial charge on any atom is -0.378 e. The molecule has 104 valence electrons. The van der Waals surface area contributed by atoms with Crippen molar-refractivity contribution in [2.24, 2.45) is 0 Å². The third-order valence-electron chi connectivity index (χ3n) is 3.52. The molecule has 0 aliphatic carbocycles. The molecule has 0 saturated carbocycles. The van der Waals surface area contributed by atoms with Crippen molar-refractivity contribution >= 4 is 16.7 Å². The zero-order valence-electron chi connectivity index (χ0n) is 11.7. The van der Waals surface area contributed by atoms with Crippen LogP contribution in [0.3, 0.4) is 0 Å². The lowest BCUT2D eigenvalue weighted by Crippen LogP contribution is -2.08. The molecule has 0 aliphatic rings. The van der Waals surface area contributed by atoms with Crippen LogP contribution in [0.4, 0.5) is 5.69 Å². The van der Waals surface area contributed by atoms with E-state index in [1.807, 2.05) is 23.0 Å². The van der Waals surface area contributed by atoms with Crippen LogP contribution in [-0.4, -0.2) is 25.0 Å². The molecule has 0 amide bonds. The minimum atomic E-state index is 0.351. The second kappa shape index (κ2) is 5.32. The number of nitrogens with one attached hydrogen (secondary N) is 2. The number of H-pyrrole nitrogens is 1. The fourth-order valence-corrected chi connectivity index (χ4v) is 2.20. The summed E-state index contributed by atoms with van der Waals surface area (Å²) in [6, 6.07) is 4.29. The number of rotatable bonds is 5. The Hall–Kier alpha value is -2.37. The Morgan fingerprint density at radius 2 is 2.25 bits per heavy atom. The summed E-state index contributed by atoms with van der Waals surface area (Å²) < 4.78 is 2.04. The largest absolute Gasteiger partial charge is 0.378 e. The third-order valence-corrected chi connectivity index (χ3v) is 3.52. The van der Waals surface area contributed by atoms with Gasteiger partial charge < -0.3 is 5.32 Å². The average molecular weight is 270 g/mol. The SMILES string of the molecule is CCC(C)n1ncc2nccc(NCc3ccn[nH]3)c21. The molecule has 0 radical (unpaired) electrons. The van der Waals surface area contributed by atoms with Crippen molar-refractivity contribution in [3.8, 4) is 0 Å². The maximum atomic E-state index is 4.47. The molecule has 3 aromatic heterocycles. The molecular formula is C14H18N6. The van der Waals surface area contributed by atoms with E-state index in [0.29, 0.717) is 12.6 Å². The Kier molecular flexibility index (Phi) is 3.37. The van der Waals surface area contributed by atoms with Crippen molar-refractivity contribution in [1.29, 1.82) is 0 Å². The number of hydrogen-bond acceptors (Lipinski definition) is 4. The molecule has 20 heavy (non-hydrogen) atoms. The van der Waals surface area contributed by atoms with Crippen molar-refractivity contribution < 1.29 is 0 Å². The highest BCUT2D eigenvalue weighted by atomic mass is 15.3. The van der Waals surface area contributed by atoms with Crippen molar-refractivity contribution in [3.05, 3.63) is 36.4 Å². The van der Waals surface area contributed by atoms with Crippen LogP contribution in [0.15, 0.2) is 30.7 Å². The van der Waals surface area contributed by atoms with Gasteiger partial charge in [0.15, 0.2) is 0 Å². The van der Waals surface area contributed by atoms with E-state index in [4.69, 9.17) is 0 Å². The van der Waals surface area contributed by atoms with Crippen LogP contribution in [0.2, 0.25) is 0 Å². The molecule has 0 aromatic carbocycles. The van der Waals surface area contributed by atoms with E-state index in [0.717, 1.165) is 28.8 Å². The number of anilines is 1. The number of nitrogens with zero attached hydrogens (tertiary/aromatic N) is 4. The van der Waals surface area contributed by atoms with E-state index in [2.05, 4.69) is 39.4 Å². The summed E-state index contributed by atoms with van der Waals surface area (Å²) in [4.78, 5) is 4.38. The summed E-state index contributed by atoms with van der Waals surface area (Å²) in [6.07, 6.45) is 6.41. The zero-order valence-corrected chi connectivity index (χ0v) is 11.7. The van der Waals surface area contributed by atoms with Gasteiger partial charge in [0.05, 0.1) is 24.1 Å². The summed E-state index contributed by atoms with van der Waals surface area (Å²) in [5.74, 6) is 0. The molecule has 1 atom stereocenters. The van der Waals surface area contributed by atoms with Crippen LogP contribution in [0, 0.1) is 0 Å². The van der Waals surface area contributed by atoms with Gasteiger partial charge in [-0.2, -0.15) is 10.2 Å². The number of aromatic amines is 1. The van der Waals surface area contributed by atoms with Crippen LogP contribution in [0.1, 0.15) is 32.0 Å². The maximum absolute atomic E-state index is 4.47. The van der Waals surface area contributed by atoms with E-state index in [-0.39, 0.29) is 0 Å². The number of aromatic nitrogens is 5. The summed E-state index contributed by atoms with van der Waals surface area (Å²) in [7, 11) is 0. The van der Waals surface area contributed by atoms with Crippen molar-refractivity contribution in [3.63, 3.8) is 0 Å². The highest BCUT2D eigenvalue weighted by Crippen LogP contribution is 2.25. The van der Waals surface area contributed by atoms with Crippen LogP contribution in [-0.2, 0) is 6.54 Å². The first-order valence-electron chi connectivity index (χ1n) is 6.84. The van der Waals surface area contributed by atoms with E-state index < -0.39 is 0 Å². The monoisotopic (exact) mass is 270 g/mol. The molecule has 0 fully saturated rings. The molecule has 0 bridgehead atoms. The molecule has 3 heterocycles. The molecule has 0 aliphatic heterocycles. The molecular weight excluding hydrogens is 252 g/mol. The molecule has 6 nitrogen and oxygen atoms in total. The van der Waals surface area contributed by atoms with Gasteiger partial charge in [-0.05, 0) is 25.5 Å². The number of pyridine rings is 1. The molecule has 1 unspecified atom stereocenters. The maximum Gasteiger partial charge on any atom is 0.110 e. The van der Waals surface area contributed by atoms with Crippen LogP contribution >= 0.6 is 0 Å².